The Hall–Kier alpha value is -1.41. The summed E-state index contributed by atoms with van der Waals surface area (Å²) in [7, 11) is -3.75. The highest BCUT2D eigenvalue weighted by molar-refractivity contribution is 7.50. The third-order valence-corrected chi connectivity index (χ3v) is 4.11. The molecule has 0 saturated carbocycles. The van der Waals surface area contributed by atoms with E-state index in [-0.39, 0.29) is 24.9 Å². The van der Waals surface area contributed by atoms with Crippen LogP contribution < -0.4 is 16.1 Å². The lowest BCUT2D eigenvalue weighted by Gasteiger charge is -2.26. The molecule has 112 valence electrons. The Morgan fingerprint density at radius 1 is 1.80 bits per heavy atom. The van der Waals surface area contributed by atoms with E-state index in [4.69, 9.17) is 10.3 Å². The average molecular weight is 303 g/mol. The summed E-state index contributed by atoms with van der Waals surface area (Å²) in [6, 6.07) is -0.0773. The molecule has 1 aromatic rings. The second-order valence-corrected chi connectivity index (χ2v) is 6.05. The van der Waals surface area contributed by atoms with Gasteiger partial charge in [-0.3, -0.25) is 9.32 Å². The molecule has 1 amide bonds. The predicted molar refractivity (Wildman–Crippen MR) is 72.2 cm³/mol. The third-order valence-electron chi connectivity index (χ3n) is 2.92. The van der Waals surface area contributed by atoms with E-state index in [2.05, 4.69) is 15.4 Å². The van der Waals surface area contributed by atoms with Crippen LogP contribution in [0.2, 0.25) is 0 Å². The molecule has 0 radical (unpaired) electrons. The highest BCUT2D eigenvalue weighted by Gasteiger charge is 2.24. The van der Waals surface area contributed by atoms with Gasteiger partial charge in [-0.25, -0.2) is 14.6 Å². The Morgan fingerprint density at radius 3 is 3.20 bits per heavy atom. The average Bonchev–Trinajstić information content (AvgIpc) is 2.79. The number of primary amides is 1. The molecule has 2 unspecified atom stereocenters. The van der Waals surface area contributed by atoms with Crippen LogP contribution in [0.5, 0.6) is 0 Å². The predicted octanol–water partition coefficient (Wildman–Crippen LogP) is -0.107. The minimum atomic E-state index is -3.75. The van der Waals surface area contributed by atoms with Crippen molar-refractivity contribution in [1.82, 2.24) is 14.6 Å². The lowest BCUT2D eigenvalue weighted by Crippen LogP contribution is -2.36. The molecule has 2 heterocycles. The number of carbonyl (C=O) groups is 1. The van der Waals surface area contributed by atoms with Gasteiger partial charge < -0.3 is 20.5 Å². The number of aromatic nitrogens is 2. The largest absolute Gasteiger partial charge is 0.402 e. The highest BCUT2D eigenvalue weighted by atomic mass is 31.2. The molecule has 0 fully saturated rings. The Kier molecular flexibility index (Phi) is 4.44. The van der Waals surface area contributed by atoms with E-state index in [0.717, 1.165) is 6.42 Å². The van der Waals surface area contributed by atoms with Crippen molar-refractivity contribution in [3.8, 4) is 0 Å². The summed E-state index contributed by atoms with van der Waals surface area (Å²) >= 11 is 0. The Balaban J connectivity index is 1.94. The number of rotatable bonds is 6. The smallest absolute Gasteiger partial charge is 0.364 e. The molecule has 0 spiro atoms. The van der Waals surface area contributed by atoms with Crippen LogP contribution in [0.1, 0.15) is 23.8 Å². The molecular weight excluding hydrogens is 285 g/mol. The zero-order chi connectivity index (χ0) is 14.8. The summed E-state index contributed by atoms with van der Waals surface area (Å²) in [5.74, 6) is -0.0550. The quantitative estimate of drug-likeness (QED) is 0.539. The molecule has 0 aliphatic carbocycles. The van der Waals surface area contributed by atoms with E-state index >= 15 is 0 Å². The van der Waals surface area contributed by atoms with Gasteiger partial charge in [0, 0.05) is 25.3 Å². The number of amides is 1. The summed E-state index contributed by atoms with van der Waals surface area (Å²) in [4.78, 5) is 24.5. The SMILES string of the molecule is CCOP(=O)(O)NCC1CCn2cc(C(N)=O)nc2N1. The van der Waals surface area contributed by atoms with Crippen molar-refractivity contribution < 1.29 is 18.8 Å². The zero-order valence-electron chi connectivity index (χ0n) is 11.1. The molecule has 0 aromatic carbocycles. The highest BCUT2D eigenvalue weighted by Crippen LogP contribution is 2.36. The van der Waals surface area contributed by atoms with Crippen molar-refractivity contribution in [2.45, 2.75) is 25.9 Å². The molecule has 1 aliphatic heterocycles. The topological polar surface area (TPSA) is 132 Å². The number of nitrogens with two attached hydrogens (primary N) is 1. The molecule has 1 aromatic heterocycles. The van der Waals surface area contributed by atoms with Crippen molar-refractivity contribution in [3.63, 3.8) is 0 Å². The van der Waals surface area contributed by atoms with Gasteiger partial charge in [0.1, 0.15) is 5.69 Å². The fraction of sp³-hybridized carbons (Fsp3) is 0.600. The minimum Gasteiger partial charge on any atom is -0.364 e. The van der Waals surface area contributed by atoms with E-state index in [1.165, 1.54) is 0 Å². The Labute approximate surface area is 116 Å². The van der Waals surface area contributed by atoms with E-state index in [1.54, 1.807) is 17.7 Å². The molecule has 20 heavy (non-hydrogen) atoms. The van der Waals surface area contributed by atoms with Crippen molar-refractivity contribution in [3.05, 3.63) is 11.9 Å². The summed E-state index contributed by atoms with van der Waals surface area (Å²) < 4.78 is 18.0. The number of carbonyl (C=O) groups excluding carboxylic acids is 1. The molecule has 1 aliphatic rings. The fourth-order valence-corrected chi connectivity index (χ4v) is 2.86. The van der Waals surface area contributed by atoms with Gasteiger partial charge in [0.2, 0.25) is 5.95 Å². The number of hydrogen-bond acceptors (Lipinski definition) is 5. The van der Waals surface area contributed by atoms with Gasteiger partial charge in [-0.05, 0) is 13.3 Å². The monoisotopic (exact) mass is 303 g/mol. The number of fused-ring (bicyclic) bond motifs is 1. The third kappa shape index (κ3) is 3.57. The van der Waals surface area contributed by atoms with Gasteiger partial charge >= 0.3 is 7.75 Å². The molecule has 2 rings (SSSR count). The van der Waals surface area contributed by atoms with Crippen LogP contribution in [-0.4, -0.2) is 39.5 Å². The molecule has 10 heteroatoms. The standard InChI is InChI=1S/C10H18N5O4P/c1-2-19-20(17,18)12-5-7-3-4-15-6-8(9(11)16)14-10(15)13-7/h6-7H,2-5H2,1H3,(H2,11,16)(H,13,14)(H2,12,17,18). The van der Waals surface area contributed by atoms with Crippen molar-refractivity contribution in [2.24, 2.45) is 5.73 Å². The van der Waals surface area contributed by atoms with Gasteiger partial charge in [-0.15, -0.1) is 0 Å². The van der Waals surface area contributed by atoms with Crippen molar-refractivity contribution in [2.75, 3.05) is 18.5 Å². The Morgan fingerprint density at radius 2 is 2.55 bits per heavy atom. The van der Waals surface area contributed by atoms with Gasteiger partial charge in [-0.2, -0.15) is 0 Å². The van der Waals surface area contributed by atoms with Gasteiger partial charge in [0.15, 0.2) is 0 Å². The van der Waals surface area contributed by atoms with Gasteiger partial charge in [0.25, 0.3) is 5.91 Å². The second kappa shape index (κ2) is 5.92. The van der Waals surface area contributed by atoms with Crippen LogP contribution in [0.4, 0.5) is 5.95 Å². The van der Waals surface area contributed by atoms with Crippen molar-refractivity contribution in [1.29, 1.82) is 0 Å². The maximum Gasteiger partial charge on any atom is 0.402 e. The van der Waals surface area contributed by atoms with E-state index in [0.29, 0.717) is 12.5 Å². The molecule has 5 N–H and O–H groups in total. The molecule has 2 atom stereocenters. The van der Waals surface area contributed by atoms with E-state index < -0.39 is 13.7 Å². The maximum absolute atomic E-state index is 11.5. The maximum atomic E-state index is 11.5. The molecule has 0 saturated heterocycles. The summed E-state index contributed by atoms with van der Waals surface area (Å²) in [5, 5.41) is 5.57. The van der Waals surface area contributed by atoms with Gasteiger partial charge in [0.05, 0.1) is 6.61 Å². The first-order valence-corrected chi connectivity index (χ1v) is 7.85. The Bertz CT molecular complexity index is 546. The number of nitrogens with zero attached hydrogens (tertiary/aromatic N) is 2. The van der Waals surface area contributed by atoms with Crippen LogP contribution in [0, 0.1) is 0 Å². The first-order valence-electron chi connectivity index (χ1n) is 6.27. The lowest BCUT2D eigenvalue weighted by molar-refractivity contribution is 0.0996. The van der Waals surface area contributed by atoms with Crippen LogP contribution in [0.25, 0.3) is 0 Å². The van der Waals surface area contributed by atoms with Crippen LogP contribution in [0.15, 0.2) is 6.20 Å². The summed E-state index contributed by atoms with van der Waals surface area (Å²) in [6.45, 7) is 2.71. The number of aryl methyl sites for hydroxylation is 1. The normalized spacial score (nSPS) is 20.8. The van der Waals surface area contributed by atoms with Crippen LogP contribution in [-0.2, 0) is 15.6 Å². The number of anilines is 1. The van der Waals surface area contributed by atoms with Crippen molar-refractivity contribution >= 4 is 19.6 Å². The summed E-state index contributed by atoms with van der Waals surface area (Å²) in [5.41, 5.74) is 5.37. The van der Waals surface area contributed by atoms with Gasteiger partial charge in [-0.1, -0.05) is 0 Å². The van der Waals surface area contributed by atoms with E-state index in [9.17, 15) is 14.3 Å². The first kappa shape index (κ1) is 15.0. The van der Waals surface area contributed by atoms with E-state index in [1.807, 2.05) is 0 Å². The second-order valence-electron chi connectivity index (χ2n) is 4.44. The number of nitrogens with one attached hydrogen (secondary N) is 2. The van der Waals surface area contributed by atoms with Crippen LogP contribution >= 0.6 is 7.75 Å². The molecule has 0 bridgehead atoms. The fourth-order valence-electron chi connectivity index (χ4n) is 1.97. The number of imidazole rings is 1. The zero-order valence-corrected chi connectivity index (χ0v) is 12.0. The summed E-state index contributed by atoms with van der Waals surface area (Å²) in [6.07, 6.45) is 2.31. The minimum absolute atomic E-state index is 0.0773. The molecular formula is C10H18N5O4P. The molecule has 9 nitrogen and oxygen atoms in total. The lowest BCUT2D eigenvalue weighted by atomic mass is 10.2. The first-order chi connectivity index (χ1) is 9.41. The number of hydrogen-bond donors (Lipinski definition) is 4. The van der Waals surface area contributed by atoms with Crippen LogP contribution in [0.3, 0.4) is 0 Å².